The molecule has 0 bridgehead atoms. The Morgan fingerprint density at radius 2 is 1.35 bits per heavy atom. The van der Waals surface area contributed by atoms with Crippen molar-refractivity contribution in [2.45, 2.75) is 0 Å². The van der Waals surface area contributed by atoms with E-state index in [1.807, 2.05) is 6.07 Å². The average molecular weight is 260 g/mol. The normalized spacial score (nSPS) is 8.65. The highest BCUT2D eigenvalue weighted by atomic mass is 32.1. The van der Waals surface area contributed by atoms with E-state index in [4.69, 9.17) is 5.11 Å². The fourth-order valence-corrected chi connectivity index (χ4v) is 0.898. The van der Waals surface area contributed by atoms with Crippen LogP contribution in [0.4, 0.5) is 13.2 Å². The molecule has 0 atom stereocenters. The number of para-hydroxylation sites is 1. The van der Waals surface area contributed by atoms with Gasteiger partial charge in [0.25, 0.3) is 0 Å². The van der Waals surface area contributed by atoms with Gasteiger partial charge in [0.15, 0.2) is 11.6 Å². The molecule has 0 heterocycles. The Hall–Kier alpha value is -1.62. The molecule has 0 saturated heterocycles. The zero-order chi connectivity index (χ0) is 12.0. The van der Waals surface area contributed by atoms with Crippen LogP contribution in [0.25, 0.3) is 0 Å². The Labute approximate surface area is 104 Å². The quantitative estimate of drug-likeness (QED) is 0.717. The second-order valence-electron chi connectivity index (χ2n) is 2.89. The van der Waals surface area contributed by atoms with E-state index in [9.17, 15) is 13.2 Å². The molecule has 2 aromatic rings. The van der Waals surface area contributed by atoms with Gasteiger partial charge in [-0.05, 0) is 24.3 Å². The number of halogens is 3. The number of hydrogen-bond acceptors (Lipinski definition) is 1. The summed E-state index contributed by atoms with van der Waals surface area (Å²) in [5.74, 6) is -2.64. The summed E-state index contributed by atoms with van der Waals surface area (Å²) in [6.45, 7) is 0. The molecule has 5 heteroatoms. The summed E-state index contributed by atoms with van der Waals surface area (Å²) in [5.41, 5.74) is 0. The van der Waals surface area contributed by atoms with Crippen LogP contribution >= 0.6 is 13.5 Å². The molecular weight excluding hydrogens is 249 g/mol. The zero-order valence-electron chi connectivity index (χ0n) is 8.70. The molecule has 1 N–H and O–H groups in total. The SMILES string of the molecule is Fc1ccc(F)c(F)c1.Oc1ccccc1.S. The molecule has 92 valence electrons. The average Bonchev–Trinajstić information content (AvgIpc) is 2.26. The van der Waals surface area contributed by atoms with E-state index in [-0.39, 0.29) is 13.5 Å². The topological polar surface area (TPSA) is 20.2 Å². The maximum Gasteiger partial charge on any atom is 0.161 e. The monoisotopic (exact) mass is 260 g/mol. The molecule has 2 rings (SSSR count). The van der Waals surface area contributed by atoms with Gasteiger partial charge < -0.3 is 5.11 Å². The van der Waals surface area contributed by atoms with Crippen LogP contribution in [-0.4, -0.2) is 5.11 Å². The van der Waals surface area contributed by atoms with Gasteiger partial charge in [0.05, 0.1) is 0 Å². The van der Waals surface area contributed by atoms with Crippen molar-refractivity contribution in [2.75, 3.05) is 0 Å². The first-order chi connectivity index (χ1) is 7.59. The number of phenols is 1. The van der Waals surface area contributed by atoms with Crippen LogP contribution in [0, 0.1) is 17.5 Å². The van der Waals surface area contributed by atoms with Gasteiger partial charge in [-0.2, -0.15) is 13.5 Å². The third-order valence-electron chi connectivity index (χ3n) is 1.64. The third-order valence-corrected chi connectivity index (χ3v) is 1.64. The molecule has 0 aliphatic rings. The van der Waals surface area contributed by atoms with E-state index >= 15 is 0 Å². The standard InChI is InChI=1S/C6H3F3.C6H6O.H2S/c7-4-1-2-5(8)6(9)3-4;7-6-4-2-1-3-5-6;/h1-3H;1-5,7H;1H2. The molecule has 0 amide bonds. The predicted molar refractivity (Wildman–Crippen MR) is 64.8 cm³/mol. The lowest BCUT2D eigenvalue weighted by Gasteiger charge is -1.88. The van der Waals surface area contributed by atoms with E-state index in [2.05, 4.69) is 0 Å². The summed E-state index contributed by atoms with van der Waals surface area (Å²) < 4.78 is 35.9. The van der Waals surface area contributed by atoms with Crippen molar-refractivity contribution in [1.29, 1.82) is 0 Å². The third kappa shape index (κ3) is 5.87. The van der Waals surface area contributed by atoms with Gasteiger partial charge in [0.1, 0.15) is 11.6 Å². The molecule has 0 fully saturated rings. The molecule has 0 spiro atoms. The van der Waals surface area contributed by atoms with Crippen molar-refractivity contribution in [3.8, 4) is 5.75 Å². The predicted octanol–water partition coefficient (Wildman–Crippen LogP) is 3.61. The van der Waals surface area contributed by atoms with Crippen LogP contribution in [0.1, 0.15) is 0 Å². The summed E-state index contributed by atoms with van der Waals surface area (Å²) in [5, 5.41) is 8.63. The number of aromatic hydroxyl groups is 1. The van der Waals surface area contributed by atoms with Gasteiger partial charge in [0.2, 0.25) is 0 Å². The lowest BCUT2D eigenvalue weighted by Crippen LogP contribution is -1.83. The van der Waals surface area contributed by atoms with Crippen molar-refractivity contribution in [1.82, 2.24) is 0 Å². The Morgan fingerprint density at radius 1 is 0.765 bits per heavy atom. The lowest BCUT2D eigenvalue weighted by molar-refractivity contribution is 0.475. The summed E-state index contributed by atoms with van der Waals surface area (Å²) in [6.07, 6.45) is 0. The van der Waals surface area contributed by atoms with Crippen molar-refractivity contribution in [3.05, 3.63) is 66.0 Å². The van der Waals surface area contributed by atoms with Crippen LogP contribution in [-0.2, 0) is 0 Å². The number of phenolic OH excluding ortho intramolecular Hbond substituents is 1. The molecule has 1 nitrogen and oxygen atoms in total. The van der Waals surface area contributed by atoms with E-state index in [0.29, 0.717) is 11.8 Å². The first kappa shape index (κ1) is 15.4. The minimum atomic E-state index is -1.16. The second kappa shape index (κ2) is 7.62. The number of rotatable bonds is 0. The smallest absolute Gasteiger partial charge is 0.161 e. The summed E-state index contributed by atoms with van der Waals surface area (Å²) in [6, 6.07) is 10.8. The fourth-order valence-electron chi connectivity index (χ4n) is 0.898. The molecule has 0 aliphatic carbocycles. The van der Waals surface area contributed by atoms with Gasteiger partial charge in [-0.25, -0.2) is 13.2 Å². The van der Waals surface area contributed by atoms with Crippen LogP contribution in [0.3, 0.4) is 0 Å². The van der Waals surface area contributed by atoms with Crippen LogP contribution in [0.5, 0.6) is 5.75 Å². The van der Waals surface area contributed by atoms with E-state index in [1.165, 1.54) is 0 Å². The van der Waals surface area contributed by atoms with Crippen LogP contribution in [0.2, 0.25) is 0 Å². The van der Waals surface area contributed by atoms with Crippen molar-refractivity contribution < 1.29 is 18.3 Å². The minimum absolute atomic E-state index is 0. The summed E-state index contributed by atoms with van der Waals surface area (Å²) in [7, 11) is 0. The second-order valence-corrected chi connectivity index (χ2v) is 2.89. The molecular formula is C12H11F3OS. The lowest BCUT2D eigenvalue weighted by atomic mass is 10.3. The fraction of sp³-hybridized carbons (Fsp3) is 0. The highest BCUT2D eigenvalue weighted by molar-refractivity contribution is 7.59. The number of benzene rings is 2. The number of hydrogen-bond donors (Lipinski definition) is 1. The molecule has 17 heavy (non-hydrogen) atoms. The van der Waals surface area contributed by atoms with E-state index in [0.717, 1.165) is 12.1 Å². The van der Waals surface area contributed by atoms with Gasteiger partial charge in [-0.3, -0.25) is 0 Å². The molecule has 0 radical (unpaired) electrons. The zero-order valence-corrected chi connectivity index (χ0v) is 9.70. The summed E-state index contributed by atoms with van der Waals surface area (Å²) >= 11 is 0. The molecule has 2 aromatic carbocycles. The van der Waals surface area contributed by atoms with Gasteiger partial charge in [-0.1, -0.05) is 18.2 Å². The van der Waals surface area contributed by atoms with Crippen LogP contribution in [0.15, 0.2) is 48.5 Å². The Balaban J connectivity index is 0.000000292. The Kier molecular flexibility index (Phi) is 6.89. The molecule has 0 unspecified atom stereocenters. The Bertz CT molecular complexity index is 449. The van der Waals surface area contributed by atoms with Gasteiger partial charge in [0, 0.05) is 6.07 Å². The van der Waals surface area contributed by atoms with Crippen molar-refractivity contribution in [3.63, 3.8) is 0 Å². The summed E-state index contributed by atoms with van der Waals surface area (Å²) in [4.78, 5) is 0. The maximum absolute atomic E-state index is 12.0. The molecule has 0 aromatic heterocycles. The van der Waals surface area contributed by atoms with Crippen molar-refractivity contribution >= 4 is 13.5 Å². The highest BCUT2D eigenvalue weighted by Crippen LogP contribution is 2.06. The Morgan fingerprint density at radius 3 is 1.71 bits per heavy atom. The largest absolute Gasteiger partial charge is 0.508 e. The molecule has 0 saturated carbocycles. The van der Waals surface area contributed by atoms with Gasteiger partial charge in [-0.15, -0.1) is 0 Å². The van der Waals surface area contributed by atoms with Crippen LogP contribution < -0.4 is 0 Å². The minimum Gasteiger partial charge on any atom is -0.508 e. The van der Waals surface area contributed by atoms with E-state index < -0.39 is 17.5 Å². The van der Waals surface area contributed by atoms with Gasteiger partial charge >= 0.3 is 0 Å². The first-order valence-electron chi connectivity index (χ1n) is 4.44. The first-order valence-corrected chi connectivity index (χ1v) is 4.44. The van der Waals surface area contributed by atoms with E-state index in [1.54, 1.807) is 24.3 Å². The molecule has 0 aliphatic heterocycles. The maximum atomic E-state index is 12.0. The highest BCUT2D eigenvalue weighted by Gasteiger charge is 1.99. The van der Waals surface area contributed by atoms with Crippen molar-refractivity contribution in [2.24, 2.45) is 0 Å².